The summed E-state index contributed by atoms with van der Waals surface area (Å²) in [4.78, 5) is 12.7. The molecule has 27 heavy (non-hydrogen) atoms. The number of amides is 1. The SMILES string of the molecule is C[C@H](CNC(=O)c1cc(S(=O)(=O)N2CCOCC2)cn1C)c1ccccc1. The standard InChI is InChI=1S/C19H25N3O4S/c1-15(16-6-4-3-5-7-16)13-20-19(23)18-12-17(14-21(18)2)27(24,25)22-8-10-26-11-9-22/h3-7,12,14-15H,8-11,13H2,1-2H3,(H,20,23)/t15-/m1/s1. The summed E-state index contributed by atoms with van der Waals surface area (Å²) in [7, 11) is -1.94. The second kappa shape index (κ2) is 8.24. The van der Waals surface area contributed by atoms with Crippen LogP contribution in [0.25, 0.3) is 0 Å². The Morgan fingerprint density at radius 3 is 2.56 bits per heavy atom. The maximum atomic E-state index is 12.8. The summed E-state index contributed by atoms with van der Waals surface area (Å²) in [6, 6.07) is 11.4. The number of carbonyl (C=O) groups is 1. The molecule has 8 heteroatoms. The van der Waals surface area contributed by atoms with E-state index >= 15 is 0 Å². The van der Waals surface area contributed by atoms with Gasteiger partial charge in [0, 0.05) is 32.9 Å². The molecule has 0 bridgehead atoms. The molecule has 1 amide bonds. The third kappa shape index (κ3) is 4.40. The molecule has 0 aliphatic carbocycles. The van der Waals surface area contributed by atoms with E-state index in [9.17, 15) is 13.2 Å². The van der Waals surface area contributed by atoms with Crippen molar-refractivity contribution in [1.82, 2.24) is 14.2 Å². The minimum Gasteiger partial charge on any atom is -0.379 e. The molecule has 1 fully saturated rings. The van der Waals surface area contributed by atoms with Crippen molar-refractivity contribution < 1.29 is 17.9 Å². The van der Waals surface area contributed by atoms with Gasteiger partial charge in [-0.05, 0) is 17.5 Å². The Hall–Kier alpha value is -2.16. The molecular formula is C19H25N3O4S. The summed E-state index contributed by atoms with van der Waals surface area (Å²) in [5, 5.41) is 2.89. The van der Waals surface area contributed by atoms with Crippen molar-refractivity contribution >= 4 is 15.9 Å². The topological polar surface area (TPSA) is 80.6 Å². The summed E-state index contributed by atoms with van der Waals surface area (Å²) >= 11 is 0. The molecule has 2 heterocycles. The lowest BCUT2D eigenvalue weighted by Gasteiger charge is -2.25. The number of sulfonamides is 1. The van der Waals surface area contributed by atoms with Gasteiger partial charge in [0.1, 0.15) is 10.6 Å². The van der Waals surface area contributed by atoms with Crippen molar-refractivity contribution in [2.24, 2.45) is 7.05 Å². The number of hydrogen-bond acceptors (Lipinski definition) is 4. The molecule has 0 saturated carbocycles. The fraction of sp³-hybridized carbons (Fsp3) is 0.421. The average Bonchev–Trinajstić information content (AvgIpc) is 3.10. The number of benzene rings is 1. The van der Waals surface area contributed by atoms with Gasteiger partial charge in [-0.25, -0.2) is 8.42 Å². The van der Waals surface area contributed by atoms with E-state index in [1.54, 1.807) is 11.6 Å². The lowest BCUT2D eigenvalue weighted by Crippen LogP contribution is -2.40. The zero-order valence-corrected chi connectivity index (χ0v) is 16.4. The number of nitrogens with zero attached hydrogens (tertiary/aromatic N) is 2. The van der Waals surface area contributed by atoms with E-state index in [2.05, 4.69) is 5.32 Å². The largest absolute Gasteiger partial charge is 0.379 e. The van der Waals surface area contributed by atoms with Gasteiger partial charge in [0.05, 0.1) is 13.2 Å². The highest BCUT2D eigenvalue weighted by Gasteiger charge is 2.28. The number of ether oxygens (including phenoxy) is 1. The number of aromatic nitrogens is 1. The normalized spacial score (nSPS) is 16.8. The molecule has 1 atom stereocenters. The lowest BCUT2D eigenvalue weighted by molar-refractivity contribution is 0.0730. The second-order valence-electron chi connectivity index (χ2n) is 6.71. The first-order valence-electron chi connectivity index (χ1n) is 8.97. The van der Waals surface area contributed by atoms with Crippen LogP contribution in [0, 0.1) is 0 Å². The molecule has 1 aliphatic rings. The summed E-state index contributed by atoms with van der Waals surface area (Å²) in [6.07, 6.45) is 1.49. The minimum atomic E-state index is -3.62. The second-order valence-corrected chi connectivity index (χ2v) is 8.65. The molecule has 1 N–H and O–H groups in total. The van der Waals surface area contributed by atoms with Gasteiger partial charge >= 0.3 is 0 Å². The van der Waals surface area contributed by atoms with Gasteiger partial charge in [-0.2, -0.15) is 4.31 Å². The first-order chi connectivity index (χ1) is 12.9. The van der Waals surface area contributed by atoms with E-state index in [0.717, 1.165) is 5.56 Å². The van der Waals surface area contributed by atoms with E-state index in [-0.39, 0.29) is 16.7 Å². The maximum Gasteiger partial charge on any atom is 0.267 e. The van der Waals surface area contributed by atoms with E-state index < -0.39 is 10.0 Å². The van der Waals surface area contributed by atoms with Gasteiger partial charge in [0.2, 0.25) is 10.0 Å². The van der Waals surface area contributed by atoms with Crippen LogP contribution in [-0.2, 0) is 21.8 Å². The van der Waals surface area contributed by atoms with Crippen molar-refractivity contribution in [2.75, 3.05) is 32.8 Å². The molecule has 1 saturated heterocycles. The maximum absolute atomic E-state index is 12.8. The molecular weight excluding hydrogens is 366 g/mol. The molecule has 146 valence electrons. The molecule has 1 aromatic heterocycles. The van der Waals surface area contributed by atoms with Crippen LogP contribution in [0.1, 0.15) is 28.9 Å². The fourth-order valence-electron chi connectivity index (χ4n) is 3.07. The first kappa shape index (κ1) is 19.6. The molecule has 2 aromatic rings. The highest BCUT2D eigenvalue weighted by atomic mass is 32.2. The van der Waals surface area contributed by atoms with Crippen LogP contribution in [0.5, 0.6) is 0 Å². The van der Waals surface area contributed by atoms with E-state index in [1.807, 2.05) is 37.3 Å². The van der Waals surface area contributed by atoms with Gasteiger partial charge in [-0.3, -0.25) is 4.79 Å². The summed E-state index contributed by atoms with van der Waals surface area (Å²) in [6.45, 7) is 3.93. The third-order valence-corrected chi connectivity index (χ3v) is 6.62. The number of morpholine rings is 1. The Labute approximate surface area is 160 Å². The monoisotopic (exact) mass is 391 g/mol. The van der Waals surface area contributed by atoms with Gasteiger partial charge in [-0.1, -0.05) is 37.3 Å². The van der Waals surface area contributed by atoms with Gasteiger partial charge < -0.3 is 14.6 Å². The summed E-state index contributed by atoms with van der Waals surface area (Å²) in [5.74, 6) is -0.129. The van der Waals surface area contributed by atoms with Crippen molar-refractivity contribution in [3.05, 3.63) is 53.9 Å². The first-order valence-corrected chi connectivity index (χ1v) is 10.4. The zero-order chi connectivity index (χ0) is 19.4. The quantitative estimate of drug-likeness (QED) is 0.811. The molecule has 3 rings (SSSR count). The van der Waals surface area contributed by atoms with Crippen LogP contribution in [0.4, 0.5) is 0 Å². The van der Waals surface area contributed by atoms with Crippen molar-refractivity contribution in [1.29, 1.82) is 0 Å². The number of carbonyl (C=O) groups excluding carboxylic acids is 1. The molecule has 1 aliphatic heterocycles. The van der Waals surface area contributed by atoms with E-state index in [1.165, 1.54) is 16.6 Å². The summed E-state index contributed by atoms with van der Waals surface area (Å²) in [5.41, 5.74) is 1.46. The van der Waals surface area contributed by atoms with Crippen LogP contribution >= 0.6 is 0 Å². The Bertz CT molecular complexity index is 887. The van der Waals surface area contributed by atoms with Crippen molar-refractivity contribution in [3.63, 3.8) is 0 Å². The lowest BCUT2D eigenvalue weighted by atomic mass is 10.0. The Kier molecular flexibility index (Phi) is 5.98. The van der Waals surface area contributed by atoms with Crippen LogP contribution < -0.4 is 5.32 Å². The summed E-state index contributed by atoms with van der Waals surface area (Å²) < 4.78 is 33.7. The molecule has 0 radical (unpaired) electrons. The van der Waals surface area contributed by atoms with Gasteiger partial charge in [0.25, 0.3) is 5.91 Å². The highest BCUT2D eigenvalue weighted by molar-refractivity contribution is 7.89. The molecule has 1 aromatic carbocycles. The van der Waals surface area contributed by atoms with Gasteiger partial charge in [0.15, 0.2) is 0 Å². The van der Waals surface area contributed by atoms with E-state index in [4.69, 9.17) is 4.74 Å². The Morgan fingerprint density at radius 2 is 1.89 bits per heavy atom. The van der Waals surface area contributed by atoms with E-state index in [0.29, 0.717) is 38.5 Å². The van der Waals surface area contributed by atoms with Crippen LogP contribution in [0.3, 0.4) is 0 Å². The predicted molar refractivity (Wildman–Crippen MR) is 102 cm³/mol. The fourth-order valence-corrected chi connectivity index (χ4v) is 4.55. The smallest absolute Gasteiger partial charge is 0.267 e. The number of aryl methyl sites for hydroxylation is 1. The van der Waals surface area contributed by atoms with Crippen LogP contribution in [0.15, 0.2) is 47.5 Å². The van der Waals surface area contributed by atoms with Crippen molar-refractivity contribution in [3.8, 4) is 0 Å². The molecule has 0 unspecified atom stereocenters. The molecule has 7 nitrogen and oxygen atoms in total. The molecule has 0 spiro atoms. The van der Waals surface area contributed by atoms with Crippen molar-refractivity contribution in [2.45, 2.75) is 17.7 Å². The van der Waals surface area contributed by atoms with Crippen LogP contribution in [-0.4, -0.2) is 56.0 Å². The highest BCUT2D eigenvalue weighted by Crippen LogP contribution is 2.20. The number of hydrogen-bond donors (Lipinski definition) is 1. The Balaban J connectivity index is 1.69. The Morgan fingerprint density at radius 1 is 1.22 bits per heavy atom. The predicted octanol–water partition coefficient (Wildman–Crippen LogP) is 1.58. The number of rotatable bonds is 6. The van der Waals surface area contributed by atoms with Crippen LogP contribution in [0.2, 0.25) is 0 Å². The minimum absolute atomic E-state index is 0.133. The average molecular weight is 391 g/mol. The zero-order valence-electron chi connectivity index (χ0n) is 15.6. The van der Waals surface area contributed by atoms with Gasteiger partial charge in [-0.15, -0.1) is 0 Å². The third-order valence-electron chi connectivity index (χ3n) is 4.76. The number of nitrogens with one attached hydrogen (secondary N) is 1.